The Hall–Kier alpha value is -1.88. The van der Waals surface area contributed by atoms with Crippen molar-refractivity contribution in [2.24, 2.45) is 0 Å². The number of ether oxygens (including phenoxy) is 1. The largest absolute Gasteiger partial charge is 0.494 e. The third-order valence-electron chi connectivity index (χ3n) is 4.73. The molecule has 0 aromatic heterocycles. The zero-order chi connectivity index (χ0) is 17.9. The van der Waals surface area contributed by atoms with Gasteiger partial charge in [0.05, 0.1) is 6.61 Å². The molecule has 3 rings (SSSR count). The van der Waals surface area contributed by atoms with E-state index in [0.29, 0.717) is 0 Å². The minimum absolute atomic E-state index is 0.729. The number of piperidine rings is 1. The van der Waals surface area contributed by atoms with E-state index in [1.807, 2.05) is 6.07 Å². The predicted molar refractivity (Wildman–Crippen MR) is 107 cm³/mol. The summed E-state index contributed by atoms with van der Waals surface area (Å²) >= 11 is 0. The molecule has 0 spiro atoms. The fourth-order valence-electron chi connectivity index (χ4n) is 3.31. The van der Waals surface area contributed by atoms with Gasteiger partial charge in [0.1, 0.15) is 5.75 Å². The molecule has 2 aromatic carbocycles. The Kier molecular flexibility index (Phi) is 7.97. The Morgan fingerprint density at radius 1 is 0.846 bits per heavy atom. The molecule has 1 aliphatic heterocycles. The first-order valence-electron chi connectivity index (χ1n) is 9.84. The molecule has 0 amide bonds. The average Bonchev–Trinajstić information content (AvgIpc) is 2.69. The van der Waals surface area contributed by atoms with Crippen molar-refractivity contribution in [3.05, 3.63) is 65.7 Å². The van der Waals surface area contributed by atoms with Crippen LogP contribution in [0.15, 0.2) is 54.6 Å². The van der Waals surface area contributed by atoms with Crippen LogP contribution >= 0.6 is 0 Å². The van der Waals surface area contributed by atoms with Crippen LogP contribution in [0.4, 0.5) is 0 Å². The van der Waals surface area contributed by atoms with Crippen molar-refractivity contribution in [3.8, 4) is 5.75 Å². The first-order valence-corrected chi connectivity index (χ1v) is 9.84. The van der Waals surface area contributed by atoms with Gasteiger partial charge in [0.15, 0.2) is 0 Å². The van der Waals surface area contributed by atoms with E-state index in [9.17, 15) is 0 Å². The normalized spacial score (nSPS) is 15.1. The molecule has 4 heteroatoms. The molecule has 0 saturated carbocycles. The summed E-state index contributed by atoms with van der Waals surface area (Å²) in [6, 6.07) is 19.0. The lowest BCUT2D eigenvalue weighted by atomic mass is 10.1. The summed E-state index contributed by atoms with van der Waals surface area (Å²) in [6.07, 6.45) is 5.02. The number of rotatable bonds is 10. The van der Waals surface area contributed by atoms with E-state index in [1.54, 1.807) is 0 Å². The lowest BCUT2D eigenvalue weighted by Gasteiger charge is -2.26. The summed E-state index contributed by atoms with van der Waals surface area (Å²) in [4.78, 5) is 2.55. The van der Waals surface area contributed by atoms with E-state index >= 15 is 0 Å². The van der Waals surface area contributed by atoms with Gasteiger partial charge in [-0.25, -0.2) is 0 Å². The van der Waals surface area contributed by atoms with Crippen molar-refractivity contribution in [3.63, 3.8) is 0 Å². The molecule has 0 unspecified atom stereocenters. The van der Waals surface area contributed by atoms with Crippen LogP contribution in [0.25, 0.3) is 0 Å². The van der Waals surface area contributed by atoms with Gasteiger partial charge in [-0.1, -0.05) is 48.9 Å². The molecule has 1 heterocycles. The fraction of sp³-hybridized carbons (Fsp3) is 0.455. The third-order valence-corrected chi connectivity index (χ3v) is 4.73. The van der Waals surface area contributed by atoms with Crippen LogP contribution in [0.5, 0.6) is 5.75 Å². The first-order chi connectivity index (χ1) is 12.9. The van der Waals surface area contributed by atoms with Crippen LogP contribution in [0, 0.1) is 0 Å². The molecule has 0 radical (unpaired) electrons. The number of nitrogens with zero attached hydrogens (tertiary/aromatic N) is 1. The molecule has 26 heavy (non-hydrogen) atoms. The van der Waals surface area contributed by atoms with Crippen LogP contribution in [-0.2, 0) is 13.1 Å². The van der Waals surface area contributed by atoms with E-state index in [1.165, 1.54) is 43.5 Å². The van der Waals surface area contributed by atoms with Crippen molar-refractivity contribution in [1.82, 2.24) is 15.8 Å². The van der Waals surface area contributed by atoms with Crippen molar-refractivity contribution in [2.45, 2.75) is 38.8 Å². The Balaban J connectivity index is 1.29. The highest BCUT2D eigenvalue weighted by molar-refractivity contribution is 5.28. The molecule has 2 aromatic rings. The Bertz CT molecular complexity index is 626. The lowest BCUT2D eigenvalue weighted by molar-refractivity contribution is 0.220. The van der Waals surface area contributed by atoms with Gasteiger partial charge >= 0.3 is 0 Å². The third kappa shape index (κ3) is 6.79. The van der Waals surface area contributed by atoms with E-state index in [2.05, 4.69) is 64.3 Å². The van der Waals surface area contributed by atoms with Gasteiger partial charge in [-0.3, -0.25) is 15.8 Å². The molecule has 1 saturated heterocycles. The van der Waals surface area contributed by atoms with Gasteiger partial charge in [0, 0.05) is 19.6 Å². The second-order valence-corrected chi connectivity index (χ2v) is 6.95. The summed E-state index contributed by atoms with van der Waals surface area (Å²) in [7, 11) is 0. The van der Waals surface area contributed by atoms with Gasteiger partial charge in [-0.15, -0.1) is 0 Å². The number of nitrogens with one attached hydrogen (secondary N) is 2. The molecular weight excluding hydrogens is 322 g/mol. The van der Waals surface area contributed by atoms with Gasteiger partial charge in [-0.05, 0) is 55.6 Å². The highest BCUT2D eigenvalue weighted by Gasteiger charge is 2.10. The zero-order valence-corrected chi connectivity index (χ0v) is 15.6. The van der Waals surface area contributed by atoms with Crippen LogP contribution in [0.1, 0.15) is 36.8 Å². The second kappa shape index (κ2) is 11.0. The minimum Gasteiger partial charge on any atom is -0.494 e. The second-order valence-electron chi connectivity index (χ2n) is 6.95. The number of likely N-dealkylation sites (tertiary alicyclic amines) is 1. The smallest absolute Gasteiger partial charge is 0.119 e. The van der Waals surface area contributed by atoms with Crippen molar-refractivity contribution in [2.75, 3.05) is 26.2 Å². The van der Waals surface area contributed by atoms with E-state index in [4.69, 9.17) is 4.74 Å². The van der Waals surface area contributed by atoms with Crippen LogP contribution < -0.4 is 15.6 Å². The Labute approximate surface area is 157 Å². The maximum atomic E-state index is 5.91. The minimum atomic E-state index is 0.729. The van der Waals surface area contributed by atoms with E-state index in [0.717, 1.165) is 38.4 Å². The van der Waals surface area contributed by atoms with Gasteiger partial charge in [0.2, 0.25) is 0 Å². The number of hydrogen-bond acceptors (Lipinski definition) is 4. The van der Waals surface area contributed by atoms with Crippen molar-refractivity contribution < 1.29 is 4.74 Å². The van der Waals surface area contributed by atoms with Gasteiger partial charge < -0.3 is 4.74 Å². The van der Waals surface area contributed by atoms with Crippen LogP contribution in [0.2, 0.25) is 0 Å². The zero-order valence-electron chi connectivity index (χ0n) is 15.6. The molecule has 0 atom stereocenters. The SMILES string of the molecule is c1ccc(CNNCCCOc2cccc(CN3CCCCC3)c2)cc1. The summed E-state index contributed by atoms with van der Waals surface area (Å²) in [5, 5.41) is 0. The maximum absolute atomic E-state index is 5.91. The summed E-state index contributed by atoms with van der Waals surface area (Å²) < 4.78 is 5.91. The Morgan fingerprint density at radius 3 is 2.50 bits per heavy atom. The molecular formula is C22H31N3O. The Morgan fingerprint density at radius 2 is 1.65 bits per heavy atom. The van der Waals surface area contributed by atoms with Gasteiger partial charge in [0.25, 0.3) is 0 Å². The topological polar surface area (TPSA) is 36.5 Å². The molecule has 4 nitrogen and oxygen atoms in total. The lowest BCUT2D eigenvalue weighted by Crippen LogP contribution is -2.32. The number of hydrazine groups is 1. The maximum Gasteiger partial charge on any atom is 0.119 e. The van der Waals surface area contributed by atoms with Crippen molar-refractivity contribution in [1.29, 1.82) is 0 Å². The highest BCUT2D eigenvalue weighted by Crippen LogP contribution is 2.17. The first kappa shape index (κ1) is 18.9. The molecule has 0 bridgehead atoms. The highest BCUT2D eigenvalue weighted by atomic mass is 16.5. The molecule has 2 N–H and O–H groups in total. The molecule has 1 aliphatic rings. The molecule has 1 fully saturated rings. The van der Waals surface area contributed by atoms with E-state index in [-0.39, 0.29) is 0 Å². The summed E-state index contributed by atoms with van der Waals surface area (Å²) in [6.45, 7) is 5.95. The van der Waals surface area contributed by atoms with Crippen LogP contribution in [0.3, 0.4) is 0 Å². The quantitative estimate of drug-likeness (QED) is 0.504. The number of benzene rings is 2. The standard InChI is InChI=1S/C22H31N3O/c1-3-9-20(10-4-1)18-24-23-13-8-16-26-22-12-7-11-21(17-22)19-25-14-5-2-6-15-25/h1,3-4,7,9-12,17,23-24H,2,5-6,8,13-16,18-19H2. The fourth-order valence-corrected chi connectivity index (χ4v) is 3.31. The van der Waals surface area contributed by atoms with Gasteiger partial charge in [-0.2, -0.15) is 0 Å². The predicted octanol–water partition coefficient (Wildman–Crippen LogP) is 3.74. The molecule has 140 valence electrons. The number of hydrogen-bond donors (Lipinski definition) is 2. The van der Waals surface area contributed by atoms with E-state index < -0.39 is 0 Å². The monoisotopic (exact) mass is 353 g/mol. The summed E-state index contributed by atoms with van der Waals surface area (Å²) in [5.41, 5.74) is 9.13. The summed E-state index contributed by atoms with van der Waals surface area (Å²) in [5.74, 6) is 0.983. The van der Waals surface area contributed by atoms with Crippen LogP contribution in [-0.4, -0.2) is 31.1 Å². The average molecular weight is 354 g/mol. The molecule has 0 aliphatic carbocycles. The van der Waals surface area contributed by atoms with Crippen molar-refractivity contribution >= 4 is 0 Å².